The molecule has 0 unspecified atom stereocenters. The van der Waals surface area contributed by atoms with Crippen molar-refractivity contribution in [1.29, 1.82) is 0 Å². The first-order valence-electron chi connectivity index (χ1n) is 9.57. The molecule has 1 atom stereocenters. The van der Waals surface area contributed by atoms with Crippen LogP contribution in [0.3, 0.4) is 0 Å². The topological polar surface area (TPSA) is 48.5 Å². The number of piperazine rings is 1. The summed E-state index contributed by atoms with van der Waals surface area (Å²) >= 11 is 0. The van der Waals surface area contributed by atoms with E-state index in [1.807, 2.05) is 12.3 Å². The summed E-state index contributed by atoms with van der Waals surface area (Å²) in [4.78, 5) is 21.6. The normalized spacial score (nSPS) is 17.3. The van der Waals surface area contributed by atoms with E-state index >= 15 is 0 Å². The predicted molar refractivity (Wildman–Crippen MR) is 106 cm³/mol. The molecule has 1 aromatic heterocycles. The van der Waals surface area contributed by atoms with E-state index in [0.29, 0.717) is 19.0 Å². The minimum atomic E-state index is 0.128. The van der Waals surface area contributed by atoms with Gasteiger partial charge in [0.15, 0.2) is 0 Å². The van der Waals surface area contributed by atoms with E-state index in [2.05, 4.69) is 59.2 Å². The first kappa shape index (κ1) is 18.8. The summed E-state index contributed by atoms with van der Waals surface area (Å²) in [6.07, 6.45) is 3.30. The molecule has 1 saturated heterocycles. The van der Waals surface area contributed by atoms with Crippen LogP contribution in [-0.2, 0) is 11.3 Å². The molecule has 1 N–H and O–H groups in total. The molecule has 1 aromatic carbocycles. The summed E-state index contributed by atoms with van der Waals surface area (Å²) in [5.74, 6) is 0.128. The van der Waals surface area contributed by atoms with Crippen LogP contribution in [-0.4, -0.2) is 60.0 Å². The van der Waals surface area contributed by atoms with E-state index < -0.39 is 0 Å². The van der Waals surface area contributed by atoms with Crippen LogP contribution in [0, 0.1) is 6.92 Å². The first-order chi connectivity index (χ1) is 12.5. The highest BCUT2D eigenvalue weighted by atomic mass is 16.1. The van der Waals surface area contributed by atoms with Crippen LogP contribution in [0.5, 0.6) is 0 Å². The molecule has 1 aliphatic heterocycles. The van der Waals surface area contributed by atoms with Crippen molar-refractivity contribution >= 4 is 16.8 Å². The third-order valence-electron chi connectivity index (χ3n) is 5.49. The highest BCUT2D eigenvalue weighted by Crippen LogP contribution is 2.20. The maximum absolute atomic E-state index is 12.3. The maximum atomic E-state index is 12.3. The molecule has 140 valence electrons. The average molecular weight is 354 g/mol. The van der Waals surface area contributed by atoms with Gasteiger partial charge in [-0.05, 0) is 44.5 Å². The lowest BCUT2D eigenvalue weighted by Gasteiger charge is -2.36. The van der Waals surface area contributed by atoms with Crippen molar-refractivity contribution in [3.8, 4) is 0 Å². The van der Waals surface area contributed by atoms with Gasteiger partial charge >= 0.3 is 0 Å². The van der Waals surface area contributed by atoms with Crippen LogP contribution >= 0.6 is 0 Å². The van der Waals surface area contributed by atoms with E-state index in [4.69, 9.17) is 0 Å². The molecule has 0 saturated carbocycles. The predicted octanol–water partition coefficient (Wildman–Crippen LogP) is 2.58. The van der Waals surface area contributed by atoms with Gasteiger partial charge in [0.25, 0.3) is 0 Å². The van der Waals surface area contributed by atoms with E-state index in [1.54, 1.807) is 0 Å². The van der Waals surface area contributed by atoms with Gasteiger partial charge in [0.2, 0.25) is 5.91 Å². The number of rotatable bonds is 6. The SMILES string of the molecule is Cc1ccc(CNC(=O)CC[C@H](C)N2CCN(C)CC2)c2cccnc12. The summed E-state index contributed by atoms with van der Waals surface area (Å²) in [7, 11) is 2.17. The molecular formula is C21H30N4O. The number of fused-ring (bicyclic) bond motifs is 1. The van der Waals surface area contributed by atoms with Crippen LogP contribution in [0.2, 0.25) is 0 Å². The molecular weight excluding hydrogens is 324 g/mol. The van der Waals surface area contributed by atoms with Gasteiger partial charge < -0.3 is 10.2 Å². The largest absolute Gasteiger partial charge is 0.352 e. The molecule has 2 aromatic rings. The summed E-state index contributed by atoms with van der Waals surface area (Å²) in [6.45, 7) is 9.29. The molecule has 2 heterocycles. The summed E-state index contributed by atoms with van der Waals surface area (Å²) < 4.78 is 0. The van der Waals surface area contributed by atoms with Gasteiger partial charge in [0, 0.05) is 56.8 Å². The van der Waals surface area contributed by atoms with Gasteiger partial charge in [0.05, 0.1) is 5.52 Å². The number of likely N-dealkylation sites (N-methyl/N-ethyl adjacent to an activating group) is 1. The number of aromatic nitrogens is 1. The first-order valence-corrected chi connectivity index (χ1v) is 9.57. The van der Waals surface area contributed by atoms with Crippen molar-refractivity contribution in [2.45, 2.75) is 39.3 Å². The van der Waals surface area contributed by atoms with E-state index in [1.165, 1.54) is 0 Å². The zero-order valence-corrected chi connectivity index (χ0v) is 16.2. The monoisotopic (exact) mass is 354 g/mol. The molecule has 5 nitrogen and oxygen atoms in total. The fourth-order valence-electron chi connectivity index (χ4n) is 3.59. The Morgan fingerprint density at radius 1 is 1.23 bits per heavy atom. The van der Waals surface area contributed by atoms with Gasteiger partial charge in [-0.15, -0.1) is 0 Å². The Hall–Kier alpha value is -1.98. The number of hydrogen-bond acceptors (Lipinski definition) is 4. The molecule has 1 aliphatic rings. The highest BCUT2D eigenvalue weighted by molar-refractivity contribution is 5.85. The Morgan fingerprint density at radius 3 is 2.77 bits per heavy atom. The fraction of sp³-hybridized carbons (Fsp3) is 0.524. The quantitative estimate of drug-likeness (QED) is 0.866. The number of carbonyl (C=O) groups excluding carboxylic acids is 1. The van der Waals surface area contributed by atoms with Crippen molar-refractivity contribution < 1.29 is 4.79 Å². The van der Waals surface area contributed by atoms with E-state index in [0.717, 1.165) is 54.6 Å². The lowest BCUT2D eigenvalue weighted by Crippen LogP contribution is -2.48. The van der Waals surface area contributed by atoms with E-state index in [-0.39, 0.29) is 5.91 Å². The second kappa shape index (κ2) is 8.60. The molecule has 1 amide bonds. The molecule has 0 radical (unpaired) electrons. The van der Waals surface area contributed by atoms with Gasteiger partial charge in [-0.2, -0.15) is 0 Å². The highest BCUT2D eigenvalue weighted by Gasteiger charge is 2.19. The molecule has 3 rings (SSSR count). The molecule has 26 heavy (non-hydrogen) atoms. The third kappa shape index (κ3) is 4.59. The number of pyridine rings is 1. The second-order valence-electron chi connectivity index (χ2n) is 7.44. The fourth-order valence-corrected chi connectivity index (χ4v) is 3.59. The zero-order valence-electron chi connectivity index (χ0n) is 16.2. The number of benzene rings is 1. The lowest BCUT2D eigenvalue weighted by atomic mass is 10.0. The van der Waals surface area contributed by atoms with Crippen LogP contribution in [0.15, 0.2) is 30.5 Å². The van der Waals surface area contributed by atoms with Crippen molar-refractivity contribution in [2.75, 3.05) is 33.2 Å². The Bertz CT molecular complexity index is 753. The third-order valence-corrected chi connectivity index (χ3v) is 5.49. The summed E-state index contributed by atoms with van der Waals surface area (Å²) in [5, 5.41) is 4.21. The number of nitrogens with one attached hydrogen (secondary N) is 1. The standard InChI is InChI=1S/C21H30N4O/c1-16-6-8-18(19-5-4-10-22-21(16)19)15-23-20(26)9-7-17(2)25-13-11-24(3)12-14-25/h4-6,8,10,17H,7,9,11-15H2,1-3H3,(H,23,26)/t17-/m0/s1. The van der Waals surface area contributed by atoms with Gasteiger partial charge in [-0.1, -0.05) is 18.2 Å². The van der Waals surface area contributed by atoms with Gasteiger partial charge in [-0.25, -0.2) is 0 Å². The summed E-state index contributed by atoms with van der Waals surface area (Å²) in [5.41, 5.74) is 3.30. The number of amides is 1. The molecule has 0 aliphatic carbocycles. The van der Waals surface area contributed by atoms with Crippen molar-refractivity contribution in [1.82, 2.24) is 20.1 Å². The number of nitrogens with zero attached hydrogens (tertiary/aromatic N) is 3. The number of aryl methyl sites for hydroxylation is 1. The van der Waals surface area contributed by atoms with Gasteiger partial charge in [0.1, 0.15) is 0 Å². The summed E-state index contributed by atoms with van der Waals surface area (Å²) in [6, 6.07) is 8.65. The average Bonchev–Trinajstić information content (AvgIpc) is 2.66. The van der Waals surface area contributed by atoms with Crippen LogP contribution < -0.4 is 5.32 Å². The van der Waals surface area contributed by atoms with Crippen LogP contribution in [0.4, 0.5) is 0 Å². The lowest BCUT2D eigenvalue weighted by molar-refractivity contribution is -0.121. The van der Waals surface area contributed by atoms with Crippen LogP contribution in [0.1, 0.15) is 30.9 Å². The minimum absolute atomic E-state index is 0.128. The maximum Gasteiger partial charge on any atom is 0.220 e. The van der Waals surface area contributed by atoms with Gasteiger partial charge in [-0.3, -0.25) is 14.7 Å². The Morgan fingerprint density at radius 2 is 2.00 bits per heavy atom. The molecule has 0 bridgehead atoms. The van der Waals surface area contributed by atoms with Crippen molar-refractivity contribution in [3.05, 3.63) is 41.6 Å². The Kier molecular flexibility index (Phi) is 6.22. The molecule has 5 heteroatoms. The Balaban J connectivity index is 1.49. The van der Waals surface area contributed by atoms with Crippen LogP contribution in [0.25, 0.3) is 10.9 Å². The molecule has 0 spiro atoms. The Labute approximate surface area is 156 Å². The second-order valence-corrected chi connectivity index (χ2v) is 7.44. The van der Waals surface area contributed by atoms with Crippen molar-refractivity contribution in [2.24, 2.45) is 0 Å². The number of carbonyl (C=O) groups is 1. The molecule has 1 fully saturated rings. The zero-order chi connectivity index (χ0) is 18.5. The minimum Gasteiger partial charge on any atom is -0.352 e. The number of hydrogen-bond donors (Lipinski definition) is 1. The van der Waals surface area contributed by atoms with E-state index in [9.17, 15) is 4.79 Å². The smallest absolute Gasteiger partial charge is 0.220 e. The van der Waals surface area contributed by atoms with Crippen molar-refractivity contribution in [3.63, 3.8) is 0 Å².